The van der Waals surface area contributed by atoms with Gasteiger partial charge in [-0.25, -0.2) is 0 Å². The zero-order valence-corrected chi connectivity index (χ0v) is 11.6. The van der Waals surface area contributed by atoms with Crippen molar-refractivity contribution in [1.29, 1.82) is 0 Å². The van der Waals surface area contributed by atoms with Crippen molar-refractivity contribution in [3.63, 3.8) is 0 Å². The smallest absolute Gasteiger partial charge is 0.307 e. The molecule has 1 amide bonds. The molecule has 1 atom stereocenters. The maximum absolute atomic E-state index is 12.1. The molecule has 0 aliphatic heterocycles. The monoisotopic (exact) mass is 256 g/mol. The van der Waals surface area contributed by atoms with Crippen molar-refractivity contribution in [2.75, 3.05) is 26.2 Å². The predicted molar refractivity (Wildman–Crippen MR) is 69.3 cm³/mol. The Morgan fingerprint density at radius 3 is 2.28 bits per heavy atom. The van der Waals surface area contributed by atoms with Gasteiger partial charge in [-0.15, -0.1) is 0 Å². The summed E-state index contributed by atoms with van der Waals surface area (Å²) in [6, 6.07) is 0.429. The van der Waals surface area contributed by atoms with E-state index < -0.39 is 11.9 Å². The molecule has 0 bridgehead atoms. The molecular formula is C13H24N2O3. The van der Waals surface area contributed by atoms with Crippen molar-refractivity contribution in [2.45, 2.75) is 39.7 Å². The van der Waals surface area contributed by atoms with E-state index in [1.165, 1.54) is 0 Å². The maximum atomic E-state index is 12.1. The summed E-state index contributed by atoms with van der Waals surface area (Å²) in [6.07, 6.45) is 2.22. The molecule has 0 aromatic rings. The van der Waals surface area contributed by atoms with Crippen LogP contribution in [0.2, 0.25) is 0 Å². The fourth-order valence-electron chi connectivity index (χ4n) is 2.08. The van der Waals surface area contributed by atoms with Crippen molar-refractivity contribution in [3.05, 3.63) is 0 Å². The van der Waals surface area contributed by atoms with Crippen LogP contribution in [0.4, 0.5) is 0 Å². The minimum atomic E-state index is -0.810. The van der Waals surface area contributed by atoms with Crippen LogP contribution >= 0.6 is 0 Å². The number of hydrogen-bond acceptors (Lipinski definition) is 3. The quantitative estimate of drug-likeness (QED) is 0.705. The van der Waals surface area contributed by atoms with Gasteiger partial charge in [0.25, 0.3) is 0 Å². The Kier molecular flexibility index (Phi) is 5.59. The summed E-state index contributed by atoms with van der Waals surface area (Å²) in [5.74, 6) is -1.12. The molecule has 0 saturated heterocycles. The molecule has 0 radical (unpaired) electrons. The highest BCUT2D eigenvalue weighted by atomic mass is 16.4. The highest BCUT2D eigenvalue weighted by Crippen LogP contribution is 2.26. The Hall–Kier alpha value is -1.10. The Balaban J connectivity index is 2.46. The third kappa shape index (κ3) is 4.29. The molecule has 1 fully saturated rings. The molecule has 5 heteroatoms. The van der Waals surface area contributed by atoms with E-state index in [-0.39, 0.29) is 5.91 Å². The first kappa shape index (κ1) is 15.0. The fourth-order valence-corrected chi connectivity index (χ4v) is 2.08. The first-order chi connectivity index (χ1) is 8.49. The van der Waals surface area contributed by atoms with E-state index in [0.717, 1.165) is 19.4 Å². The van der Waals surface area contributed by atoms with Crippen molar-refractivity contribution in [3.8, 4) is 0 Å². The summed E-state index contributed by atoms with van der Waals surface area (Å²) in [4.78, 5) is 26.8. The lowest BCUT2D eigenvalue weighted by atomic mass is 10.1. The average molecular weight is 256 g/mol. The molecule has 104 valence electrons. The second-order valence-electron chi connectivity index (χ2n) is 4.98. The number of nitrogens with zero attached hydrogens (tertiary/aromatic N) is 2. The molecule has 0 spiro atoms. The van der Waals surface area contributed by atoms with E-state index in [2.05, 4.69) is 0 Å². The Morgan fingerprint density at radius 1 is 1.28 bits per heavy atom. The van der Waals surface area contributed by atoms with Gasteiger partial charge in [0, 0.05) is 19.1 Å². The van der Waals surface area contributed by atoms with Crippen LogP contribution in [0.15, 0.2) is 0 Å². The number of carboxylic acids is 1. The third-order valence-electron chi connectivity index (χ3n) is 3.41. The highest BCUT2D eigenvalue weighted by molar-refractivity contribution is 5.79. The summed E-state index contributed by atoms with van der Waals surface area (Å²) < 4.78 is 0. The number of rotatable bonds is 8. The predicted octanol–water partition coefficient (Wildman–Crippen LogP) is 1.04. The molecular weight excluding hydrogens is 232 g/mol. The topological polar surface area (TPSA) is 60.9 Å². The van der Waals surface area contributed by atoms with Crippen LogP contribution in [0, 0.1) is 5.92 Å². The van der Waals surface area contributed by atoms with Crippen LogP contribution in [0.1, 0.15) is 33.6 Å². The molecule has 5 nitrogen and oxygen atoms in total. The van der Waals surface area contributed by atoms with Gasteiger partial charge in [-0.3, -0.25) is 14.5 Å². The minimum absolute atomic E-state index is 0.124. The van der Waals surface area contributed by atoms with Crippen molar-refractivity contribution < 1.29 is 14.7 Å². The zero-order chi connectivity index (χ0) is 13.7. The molecule has 1 saturated carbocycles. The van der Waals surface area contributed by atoms with Crippen molar-refractivity contribution in [1.82, 2.24) is 9.80 Å². The molecule has 1 aliphatic carbocycles. The molecule has 0 aromatic carbocycles. The lowest BCUT2D eigenvalue weighted by Crippen LogP contribution is -2.43. The number of hydrogen-bond donors (Lipinski definition) is 1. The number of amides is 1. The van der Waals surface area contributed by atoms with Gasteiger partial charge in [0.1, 0.15) is 0 Å². The molecule has 1 aliphatic rings. The van der Waals surface area contributed by atoms with Gasteiger partial charge in [-0.05, 0) is 26.3 Å². The van der Waals surface area contributed by atoms with E-state index in [9.17, 15) is 9.59 Å². The number of carbonyl (C=O) groups is 2. The molecule has 1 rings (SSSR count). The minimum Gasteiger partial charge on any atom is -0.481 e. The Labute approximate surface area is 109 Å². The molecule has 1 unspecified atom stereocenters. The normalized spacial score (nSPS) is 16.7. The lowest BCUT2D eigenvalue weighted by Gasteiger charge is -2.26. The molecule has 0 aromatic heterocycles. The van der Waals surface area contributed by atoms with Crippen LogP contribution in [0.5, 0.6) is 0 Å². The van der Waals surface area contributed by atoms with E-state index in [1.807, 2.05) is 23.6 Å². The summed E-state index contributed by atoms with van der Waals surface area (Å²) in [5.41, 5.74) is 0. The maximum Gasteiger partial charge on any atom is 0.307 e. The second kappa shape index (κ2) is 6.73. The van der Waals surface area contributed by atoms with Crippen LogP contribution in [-0.2, 0) is 9.59 Å². The number of aliphatic carboxylic acids is 1. The zero-order valence-electron chi connectivity index (χ0n) is 11.6. The van der Waals surface area contributed by atoms with Gasteiger partial charge in [0.15, 0.2) is 0 Å². The van der Waals surface area contributed by atoms with Gasteiger partial charge in [0.05, 0.1) is 12.5 Å². The summed E-state index contributed by atoms with van der Waals surface area (Å²) in [5, 5.41) is 8.89. The standard InChI is InChI=1S/C13H24N2O3/c1-4-14(8-10(3)13(17)18)9-12(16)15(5-2)11-6-7-11/h10-11H,4-9H2,1-3H3,(H,17,18). The lowest BCUT2D eigenvalue weighted by molar-refractivity contribution is -0.142. The number of carboxylic acid groups (broad SMARTS) is 1. The highest BCUT2D eigenvalue weighted by Gasteiger charge is 2.31. The second-order valence-corrected chi connectivity index (χ2v) is 4.98. The molecule has 1 N–H and O–H groups in total. The summed E-state index contributed by atoms with van der Waals surface area (Å²) in [6.45, 7) is 7.83. The Bertz CT molecular complexity index is 303. The van der Waals surface area contributed by atoms with E-state index in [4.69, 9.17) is 5.11 Å². The SMILES string of the molecule is CCN(CC(=O)N(CC)C1CC1)CC(C)C(=O)O. The largest absolute Gasteiger partial charge is 0.481 e. The molecule has 0 heterocycles. The van der Waals surface area contributed by atoms with Gasteiger partial charge >= 0.3 is 5.97 Å². The van der Waals surface area contributed by atoms with Gasteiger partial charge in [0.2, 0.25) is 5.91 Å². The van der Waals surface area contributed by atoms with Crippen LogP contribution in [0.25, 0.3) is 0 Å². The van der Waals surface area contributed by atoms with Crippen LogP contribution in [0.3, 0.4) is 0 Å². The summed E-state index contributed by atoms with van der Waals surface area (Å²) >= 11 is 0. The first-order valence-electron chi connectivity index (χ1n) is 6.74. The van der Waals surface area contributed by atoms with Gasteiger partial charge in [-0.2, -0.15) is 0 Å². The third-order valence-corrected chi connectivity index (χ3v) is 3.41. The van der Waals surface area contributed by atoms with Crippen molar-refractivity contribution >= 4 is 11.9 Å². The van der Waals surface area contributed by atoms with E-state index in [0.29, 0.717) is 25.7 Å². The van der Waals surface area contributed by atoms with E-state index >= 15 is 0 Å². The van der Waals surface area contributed by atoms with Gasteiger partial charge < -0.3 is 10.0 Å². The van der Waals surface area contributed by atoms with Crippen LogP contribution in [-0.4, -0.2) is 59.0 Å². The fraction of sp³-hybridized carbons (Fsp3) is 0.846. The molecule has 18 heavy (non-hydrogen) atoms. The number of likely N-dealkylation sites (N-methyl/N-ethyl adjacent to an activating group) is 2. The first-order valence-corrected chi connectivity index (χ1v) is 6.74. The van der Waals surface area contributed by atoms with Crippen molar-refractivity contribution in [2.24, 2.45) is 5.92 Å². The number of carbonyl (C=O) groups excluding carboxylic acids is 1. The average Bonchev–Trinajstić information content (AvgIpc) is 3.13. The Morgan fingerprint density at radius 2 is 1.89 bits per heavy atom. The van der Waals surface area contributed by atoms with Gasteiger partial charge in [-0.1, -0.05) is 13.8 Å². The summed E-state index contributed by atoms with van der Waals surface area (Å²) in [7, 11) is 0. The van der Waals surface area contributed by atoms with Crippen LogP contribution < -0.4 is 0 Å². The van der Waals surface area contributed by atoms with E-state index in [1.54, 1.807) is 6.92 Å².